The van der Waals surface area contributed by atoms with Crippen molar-refractivity contribution in [1.82, 2.24) is 4.57 Å². The Labute approximate surface area is 199 Å². The third kappa shape index (κ3) is 4.96. The number of carboxylic acid groups (broad SMARTS) is 1. The summed E-state index contributed by atoms with van der Waals surface area (Å²) >= 11 is 0. The molecule has 0 saturated heterocycles. The van der Waals surface area contributed by atoms with E-state index in [9.17, 15) is 14.7 Å². The first-order chi connectivity index (χ1) is 16.3. The molecular weight excluding hydrogens is 428 g/mol. The summed E-state index contributed by atoms with van der Waals surface area (Å²) in [6.07, 6.45) is 0.711. The number of rotatable bonds is 8. The number of fused-ring (bicyclic) bond motifs is 1. The summed E-state index contributed by atoms with van der Waals surface area (Å²) in [7, 11) is 4.03. The van der Waals surface area contributed by atoms with Crippen LogP contribution in [0.25, 0.3) is 10.9 Å². The highest BCUT2D eigenvalue weighted by atomic mass is 16.5. The standard InChI is InChI=1S/C28H28N2O4/c1-19-17-25-22(18-27(31)32)5-4-6-26(25)30(19)28(33)21-9-13-24(14-10-21)34-16-15-20-7-11-23(12-8-20)29(2)3/h4-14,17H,15-16,18H2,1-3H3,(H,31,32). The number of carbonyl (C=O) groups excluding carboxylic acids is 1. The zero-order chi connectivity index (χ0) is 24.2. The minimum atomic E-state index is -0.898. The van der Waals surface area contributed by atoms with Gasteiger partial charge < -0.3 is 14.7 Å². The van der Waals surface area contributed by atoms with Crippen molar-refractivity contribution in [3.8, 4) is 5.75 Å². The van der Waals surface area contributed by atoms with Crippen molar-refractivity contribution in [2.24, 2.45) is 0 Å². The van der Waals surface area contributed by atoms with Crippen LogP contribution < -0.4 is 9.64 Å². The number of benzene rings is 3. The van der Waals surface area contributed by atoms with Gasteiger partial charge in [-0.1, -0.05) is 24.3 Å². The molecule has 0 atom stereocenters. The number of hydrogen-bond acceptors (Lipinski definition) is 4. The molecule has 0 amide bonds. The lowest BCUT2D eigenvalue weighted by Crippen LogP contribution is -2.13. The third-order valence-electron chi connectivity index (χ3n) is 5.88. The molecule has 0 aliphatic carbocycles. The van der Waals surface area contributed by atoms with Crippen molar-refractivity contribution in [3.05, 3.63) is 95.2 Å². The Hall–Kier alpha value is -4.06. The Morgan fingerprint density at radius 3 is 2.32 bits per heavy atom. The number of nitrogens with zero attached hydrogens (tertiary/aromatic N) is 2. The van der Waals surface area contributed by atoms with Crippen LogP contribution in [0.3, 0.4) is 0 Å². The molecular formula is C28H28N2O4. The summed E-state index contributed by atoms with van der Waals surface area (Å²) in [6, 6.07) is 22.8. The first-order valence-corrected chi connectivity index (χ1v) is 11.2. The summed E-state index contributed by atoms with van der Waals surface area (Å²) < 4.78 is 7.51. The second-order valence-corrected chi connectivity index (χ2v) is 8.53. The lowest BCUT2D eigenvalue weighted by Gasteiger charge is -2.13. The van der Waals surface area contributed by atoms with Gasteiger partial charge >= 0.3 is 5.97 Å². The minimum Gasteiger partial charge on any atom is -0.493 e. The number of carboxylic acids is 1. The van der Waals surface area contributed by atoms with Gasteiger partial charge in [-0.2, -0.15) is 0 Å². The SMILES string of the molecule is Cc1cc2c(CC(=O)O)cccc2n1C(=O)c1ccc(OCCc2ccc(N(C)C)cc2)cc1. The molecule has 0 fully saturated rings. The van der Waals surface area contributed by atoms with Gasteiger partial charge in [-0.3, -0.25) is 14.2 Å². The van der Waals surface area contributed by atoms with Gasteiger partial charge in [0.2, 0.25) is 0 Å². The second kappa shape index (κ2) is 9.83. The van der Waals surface area contributed by atoms with Gasteiger partial charge in [0.25, 0.3) is 5.91 Å². The van der Waals surface area contributed by atoms with Crippen LogP contribution in [0.1, 0.15) is 27.2 Å². The average molecular weight is 457 g/mol. The molecule has 34 heavy (non-hydrogen) atoms. The summed E-state index contributed by atoms with van der Waals surface area (Å²) in [5.41, 5.74) is 5.07. The number of carbonyl (C=O) groups is 2. The molecule has 174 valence electrons. The Kier molecular flexibility index (Phi) is 6.68. The predicted octanol–water partition coefficient (Wildman–Crippen LogP) is 4.95. The van der Waals surface area contributed by atoms with Crippen LogP contribution in [-0.4, -0.2) is 42.3 Å². The molecule has 3 aromatic carbocycles. The molecule has 0 aliphatic rings. The van der Waals surface area contributed by atoms with Gasteiger partial charge in [0.1, 0.15) is 5.75 Å². The van der Waals surface area contributed by atoms with E-state index in [1.54, 1.807) is 41.0 Å². The molecule has 1 N–H and O–H groups in total. The number of hydrogen-bond donors (Lipinski definition) is 1. The van der Waals surface area contributed by atoms with E-state index < -0.39 is 5.97 Å². The van der Waals surface area contributed by atoms with Gasteiger partial charge in [-0.05, 0) is 66.6 Å². The highest BCUT2D eigenvalue weighted by Crippen LogP contribution is 2.25. The quantitative estimate of drug-likeness (QED) is 0.406. The molecule has 6 heteroatoms. The van der Waals surface area contributed by atoms with Gasteiger partial charge in [-0.15, -0.1) is 0 Å². The zero-order valence-corrected chi connectivity index (χ0v) is 19.6. The highest BCUT2D eigenvalue weighted by molar-refractivity contribution is 6.04. The number of aromatic nitrogens is 1. The lowest BCUT2D eigenvalue weighted by molar-refractivity contribution is -0.136. The van der Waals surface area contributed by atoms with Crippen molar-refractivity contribution < 1.29 is 19.4 Å². The van der Waals surface area contributed by atoms with Gasteiger partial charge in [-0.25, -0.2) is 0 Å². The van der Waals surface area contributed by atoms with E-state index in [0.717, 1.165) is 23.2 Å². The van der Waals surface area contributed by atoms with Crippen molar-refractivity contribution in [2.45, 2.75) is 19.8 Å². The topological polar surface area (TPSA) is 71.8 Å². The minimum absolute atomic E-state index is 0.0825. The summed E-state index contributed by atoms with van der Waals surface area (Å²) in [5, 5.41) is 9.97. The van der Waals surface area contributed by atoms with E-state index in [2.05, 4.69) is 29.2 Å². The van der Waals surface area contributed by atoms with Crippen molar-refractivity contribution in [1.29, 1.82) is 0 Å². The highest BCUT2D eigenvalue weighted by Gasteiger charge is 2.17. The first kappa shape index (κ1) is 23.1. The maximum Gasteiger partial charge on any atom is 0.307 e. The number of aliphatic carboxylic acids is 1. The number of aryl methyl sites for hydroxylation is 1. The smallest absolute Gasteiger partial charge is 0.307 e. The number of ether oxygens (including phenoxy) is 1. The molecule has 0 bridgehead atoms. The fourth-order valence-electron chi connectivity index (χ4n) is 4.08. The van der Waals surface area contributed by atoms with Crippen LogP contribution in [-0.2, 0) is 17.6 Å². The van der Waals surface area contributed by atoms with E-state index in [1.165, 1.54) is 5.56 Å². The molecule has 0 aliphatic heterocycles. The van der Waals surface area contributed by atoms with Crippen LogP contribution >= 0.6 is 0 Å². The van der Waals surface area contributed by atoms with Crippen LogP contribution in [0.2, 0.25) is 0 Å². The fourth-order valence-corrected chi connectivity index (χ4v) is 4.08. The van der Waals surface area contributed by atoms with Crippen LogP contribution in [0.5, 0.6) is 5.75 Å². The van der Waals surface area contributed by atoms with Crippen molar-refractivity contribution in [3.63, 3.8) is 0 Å². The van der Waals surface area contributed by atoms with Crippen LogP contribution in [0.4, 0.5) is 5.69 Å². The van der Waals surface area contributed by atoms with Crippen molar-refractivity contribution >= 4 is 28.5 Å². The summed E-state index contributed by atoms with van der Waals surface area (Å²) in [4.78, 5) is 26.5. The van der Waals surface area contributed by atoms with Crippen LogP contribution in [0.15, 0.2) is 72.8 Å². The molecule has 4 aromatic rings. The zero-order valence-electron chi connectivity index (χ0n) is 19.6. The Morgan fingerprint density at radius 2 is 1.68 bits per heavy atom. The molecule has 0 saturated carbocycles. The van der Waals surface area contributed by atoms with Gasteiger partial charge in [0.05, 0.1) is 18.5 Å². The molecule has 0 radical (unpaired) electrons. The molecule has 0 unspecified atom stereocenters. The largest absolute Gasteiger partial charge is 0.493 e. The summed E-state index contributed by atoms with van der Waals surface area (Å²) in [5.74, 6) is -0.350. The normalized spacial score (nSPS) is 10.9. The molecule has 6 nitrogen and oxygen atoms in total. The Bertz CT molecular complexity index is 1320. The number of anilines is 1. The molecule has 1 heterocycles. The monoisotopic (exact) mass is 456 g/mol. The second-order valence-electron chi connectivity index (χ2n) is 8.53. The van der Waals surface area contributed by atoms with Crippen LogP contribution in [0, 0.1) is 6.92 Å². The first-order valence-electron chi connectivity index (χ1n) is 11.2. The van der Waals surface area contributed by atoms with Gasteiger partial charge in [0, 0.05) is 42.8 Å². The predicted molar refractivity (Wildman–Crippen MR) is 134 cm³/mol. The maximum absolute atomic E-state index is 13.3. The lowest BCUT2D eigenvalue weighted by atomic mass is 10.1. The van der Waals surface area contributed by atoms with E-state index in [0.29, 0.717) is 29.0 Å². The Morgan fingerprint density at radius 1 is 0.971 bits per heavy atom. The van der Waals surface area contributed by atoms with Gasteiger partial charge in [0.15, 0.2) is 0 Å². The Balaban J connectivity index is 1.44. The molecule has 4 rings (SSSR count). The molecule has 0 spiro atoms. The average Bonchev–Trinajstić information content (AvgIpc) is 3.16. The van der Waals surface area contributed by atoms with E-state index in [1.807, 2.05) is 33.2 Å². The van der Waals surface area contributed by atoms with E-state index in [-0.39, 0.29) is 12.3 Å². The van der Waals surface area contributed by atoms with E-state index in [4.69, 9.17) is 4.74 Å². The van der Waals surface area contributed by atoms with E-state index >= 15 is 0 Å². The molecule has 1 aromatic heterocycles. The third-order valence-corrected chi connectivity index (χ3v) is 5.88. The maximum atomic E-state index is 13.3. The summed E-state index contributed by atoms with van der Waals surface area (Å²) in [6.45, 7) is 2.40. The van der Waals surface area contributed by atoms with Crippen molar-refractivity contribution in [2.75, 3.05) is 25.6 Å². The fraction of sp³-hybridized carbons (Fsp3) is 0.214.